The van der Waals surface area contributed by atoms with Crippen LogP contribution in [0.5, 0.6) is 0 Å². The van der Waals surface area contributed by atoms with Gasteiger partial charge in [-0.3, -0.25) is 0 Å². The summed E-state index contributed by atoms with van der Waals surface area (Å²) in [5.41, 5.74) is 18.2. The van der Waals surface area contributed by atoms with Crippen LogP contribution < -0.4 is 4.90 Å². The van der Waals surface area contributed by atoms with Gasteiger partial charge in [-0.2, -0.15) is 0 Å². The molecule has 2 aliphatic rings. The summed E-state index contributed by atoms with van der Waals surface area (Å²) in [7, 11) is 0. The predicted molar refractivity (Wildman–Crippen MR) is 268 cm³/mol. The van der Waals surface area contributed by atoms with Crippen LogP contribution in [0.3, 0.4) is 0 Å². The number of hydrogen-bond donors (Lipinski definition) is 0. The Morgan fingerprint density at radius 1 is 0.397 bits per heavy atom. The lowest BCUT2D eigenvalue weighted by molar-refractivity contribution is 0.742. The van der Waals surface area contributed by atoms with Gasteiger partial charge < -0.3 is 9.30 Å². The summed E-state index contributed by atoms with van der Waals surface area (Å²) < 4.78 is 2.49. The van der Waals surface area contributed by atoms with Crippen LogP contribution in [0.4, 0.5) is 17.1 Å². The van der Waals surface area contributed by atoms with Gasteiger partial charge in [0, 0.05) is 39.1 Å². The highest BCUT2D eigenvalue weighted by Gasteiger charge is 2.29. The number of para-hydroxylation sites is 4. The van der Waals surface area contributed by atoms with E-state index in [1.54, 1.807) is 0 Å². The molecule has 0 atom stereocenters. The highest BCUT2D eigenvalue weighted by Crippen LogP contribution is 2.51. The summed E-state index contributed by atoms with van der Waals surface area (Å²) in [6.07, 6.45) is 8.11. The Kier molecular flexibility index (Phi) is 7.44. The summed E-state index contributed by atoms with van der Waals surface area (Å²) in [5, 5.41) is 13.1. The largest absolute Gasteiger partial charge is 0.309 e. The van der Waals surface area contributed by atoms with Crippen molar-refractivity contribution in [2.75, 3.05) is 4.90 Å². The van der Waals surface area contributed by atoms with Crippen molar-refractivity contribution in [1.29, 1.82) is 0 Å². The fourth-order valence-corrected chi connectivity index (χ4v) is 11.7. The molecular weight excluding hydrogens is 761 g/mol. The zero-order valence-electron chi connectivity index (χ0n) is 34.9. The first-order chi connectivity index (χ1) is 31.3. The standard InChI is InChI=1S/C61H42N2/c1-2-15-38(16-3-1)43-19-6-10-24-55(43)62(59-28-14-23-45-46-33-31-39-17-4-5-18-42(39)51(46)36-53(45)59)56-25-11-7-20-44(56)41-30-29-40-32-34-48-52(50(40)35-41)37-54-47-21-8-12-26-57(47)63-58-27-13-9-22-49(58)60(48)61(54)63/h4-15,17-35,37H,1-3,16,36H2. The average molecular weight is 803 g/mol. The Balaban J connectivity index is 1.02. The highest BCUT2D eigenvalue weighted by atomic mass is 15.2. The Morgan fingerprint density at radius 3 is 1.90 bits per heavy atom. The van der Waals surface area contributed by atoms with Crippen molar-refractivity contribution in [2.45, 2.75) is 32.1 Å². The highest BCUT2D eigenvalue weighted by molar-refractivity contribution is 6.34. The van der Waals surface area contributed by atoms with Gasteiger partial charge in [0.25, 0.3) is 0 Å². The van der Waals surface area contributed by atoms with Crippen molar-refractivity contribution >= 4 is 93.0 Å². The number of nitrogens with zero attached hydrogens (tertiary/aromatic N) is 2. The molecule has 0 saturated carbocycles. The molecule has 0 amide bonds. The molecule has 0 saturated heterocycles. The molecule has 2 aliphatic carbocycles. The van der Waals surface area contributed by atoms with Crippen molar-refractivity contribution in [2.24, 2.45) is 0 Å². The van der Waals surface area contributed by atoms with Crippen molar-refractivity contribution in [3.8, 4) is 22.3 Å². The van der Waals surface area contributed by atoms with Gasteiger partial charge in [-0.15, -0.1) is 0 Å². The fourth-order valence-electron chi connectivity index (χ4n) is 11.7. The molecule has 2 heterocycles. The third-order valence-corrected chi connectivity index (χ3v) is 14.5. The Bertz CT molecular complexity index is 3900. The van der Waals surface area contributed by atoms with Gasteiger partial charge in [0.05, 0.1) is 33.6 Å². The molecule has 0 bridgehead atoms. The number of benzene rings is 10. The van der Waals surface area contributed by atoms with Crippen LogP contribution in [-0.4, -0.2) is 4.40 Å². The number of anilines is 3. The van der Waals surface area contributed by atoms with E-state index in [2.05, 4.69) is 203 Å². The molecule has 12 aromatic rings. The summed E-state index contributed by atoms with van der Waals surface area (Å²) in [4.78, 5) is 2.61. The minimum atomic E-state index is 0.893. The van der Waals surface area contributed by atoms with Gasteiger partial charge in [-0.05, 0) is 134 Å². The number of hydrogen-bond acceptors (Lipinski definition) is 1. The van der Waals surface area contributed by atoms with Crippen LogP contribution in [0.1, 0.15) is 42.4 Å². The fraction of sp³-hybridized carbons (Fsp3) is 0.0820. The molecule has 14 rings (SSSR count). The quantitative estimate of drug-likeness (QED) is 0.157. The van der Waals surface area contributed by atoms with Crippen LogP contribution in [-0.2, 0) is 6.42 Å². The molecular formula is C61H42N2. The van der Waals surface area contributed by atoms with Gasteiger partial charge >= 0.3 is 0 Å². The molecule has 296 valence electrons. The van der Waals surface area contributed by atoms with E-state index in [0.717, 1.165) is 19.3 Å². The summed E-state index contributed by atoms with van der Waals surface area (Å²) in [6.45, 7) is 0. The van der Waals surface area contributed by atoms with Crippen LogP contribution in [0.25, 0.3) is 98.2 Å². The van der Waals surface area contributed by atoms with Crippen molar-refractivity contribution in [3.63, 3.8) is 0 Å². The minimum Gasteiger partial charge on any atom is -0.309 e. The van der Waals surface area contributed by atoms with E-state index in [9.17, 15) is 0 Å². The molecule has 0 spiro atoms. The SMILES string of the molecule is C1=C(c2ccccc2N(c2ccccc2-c2ccc3ccc4c(cc5c6ccccc6n6c7ccccc7c4c56)c3c2)c2cccc3c2Cc2c-3ccc3ccccc23)CCCC1. The van der Waals surface area contributed by atoms with Gasteiger partial charge in [0.1, 0.15) is 0 Å². The van der Waals surface area contributed by atoms with Crippen LogP contribution in [0.2, 0.25) is 0 Å². The molecule has 0 fully saturated rings. The zero-order chi connectivity index (χ0) is 41.2. The lowest BCUT2D eigenvalue weighted by Gasteiger charge is -2.32. The van der Waals surface area contributed by atoms with Crippen molar-refractivity contribution in [1.82, 2.24) is 4.40 Å². The lowest BCUT2D eigenvalue weighted by Crippen LogP contribution is -2.15. The maximum Gasteiger partial charge on any atom is 0.0626 e. The Hall–Kier alpha value is -7.68. The third kappa shape index (κ3) is 5.01. The van der Waals surface area contributed by atoms with Gasteiger partial charge in [-0.1, -0.05) is 152 Å². The molecule has 63 heavy (non-hydrogen) atoms. The average Bonchev–Trinajstić information content (AvgIpc) is 4.02. The van der Waals surface area contributed by atoms with E-state index in [4.69, 9.17) is 0 Å². The van der Waals surface area contributed by atoms with Crippen LogP contribution >= 0.6 is 0 Å². The molecule has 2 nitrogen and oxygen atoms in total. The van der Waals surface area contributed by atoms with E-state index >= 15 is 0 Å². The minimum absolute atomic E-state index is 0.893. The first kappa shape index (κ1) is 35.0. The van der Waals surface area contributed by atoms with Crippen molar-refractivity contribution in [3.05, 3.63) is 211 Å². The van der Waals surface area contributed by atoms with E-state index in [1.807, 2.05) is 0 Å². The second-order valence-corrected chi connectivity index (χ2v) is 17.8. The van der Waals surface area contributed by atoms with Crippen molar-refractivity contribution < 1.29 is 0 Å². The third-order valence-electron chi connectivity index (χ3n) is 14.5. The van der Waals surface area contributed by atoms with Gasteiger partial charge in [0.15, 0.2) is 0 Å². The number of rotatable bonds is 5. The summed E-state index contributed by atoms with van der Waals surface area (Å²) in [5.74, 6) is 0. The Morgan fingerprint density at radius 2 is 1.05 bits per heavy atom. The topological polar surface area (TPSA) is 7.65 Å². The normalized spacial score (nSPS) is 13.8. The maximum absolute atomic E-state index is 2.61. The van der Waals surface area contributed by atoms with E-state index in [0.29, 0.717) is 0 Å². The van der Waals surface area contributed by atoms with Crippen LogP contribution in [0.15, 0.2) is 194 Å². The van der Waals surface area contributed by atoms with Crippen LogP contribution in [0, 0.1) is 0 Å². The molecule has 0 N–H and O–H groups in total. The first-order valence-corrected chi connectivity index (χ1v) is 22.6. The molecule has 0 aliphatic heterocycles. The lowest BCUT2D eigenvalue weighted by atomic mass is 9.91. The predicted octanol–water partition coefficient (Wildman–Crippen LogP) is 17.0. The first-order valence-electron chi connectivity index (χ1n) is 22.6. The Labute approximate surface area is 365 Å². The molecule has 0 unspecified atom stereocenters. The number of aromatic nitrogens is 1. The molecule has 2 heteroatoms. The molecule has 0 radical (unpaired) electrons. The second kappa shape index (κ2) is 13.4. The maximum atomic E-state index is 2.61. The van der Waals surface area contributed by atoms with Gasteiger partial charge in [-0.25, -0.2) is 0 Å². The monoisotopic (exact) mass is 802 g/mol. The summed E-state index contributed by atoms with van der Waals surface area (Å²) >= 11 is 0. The molecule has 2 aromatic heterocycles. The van der Waals surface area contributed by atoms with E-state index < -0.39 is 0 Å². The van der Waals surface area contributed by atoms with E-state index in [-0.39, 0.29) is 0 Å². The summed E-state index contributed by atoms with van der Waals surface area (Å²) in [6, 6.07) is 71.0. The number of fused-ring (bicyclic) bond motifs is 15. The van der Waals surface area contributed by atoms with Gasteiger partial charge in [0.2, 0.25) is 0 Å². The smallest absolute Gasteiger partial charge is 0.0626 e. The second-order valence-electron chi connectivity index (χ2n) is 17.8. The van der Waals surface area contributed by atoms with E-state index in [1.165, 1.54) is 145 Å². The molecule has 10 aromatic carbocycles. The number of allylic oxidation sites excluding steroid dienone is 2. The zero-order valence-corrected chi connectivity index (χ0v) is 34.9.